The molecule has 0 saturated carbocycles. The van der Waals surface area contributed by atoms with Crippen LogP contribution in [0.25, 0.3) is 0 Å². The first-order chi connectivity index (χ1) is 11.2. The smallest absolute Gasteiger partial charge is 0.289 e. The minimum absolute atomic E-state index is 0.0953. The van der Waals surface area contributed by atoms with E-state index in [-0.39, 0.29) is 23.1 Å². The second-order valence-corrected chi connectivity index (χ2v) is 8.25. The lowest BCUT2D eigenvalue weighted by molar-refractivity contribution is 0.0623. The lowest BCUT2D eigenvalue weighted by Gasteiger charge is -2.34. The molecule has 0 radical (unpaired) electrons. The zero-order valence-electron chi connectivity index (χ0n) is 15.4. The minimum Gasteiger partial charge on any atom is -0.455 e. The molecule has 0 atom stereocenters. The van der Waals surface area contributed by atoms with Gasteiger partial charge in [-0.25, -0.2) is 0 Å². The van der Waals surface area contributed by atoms with Crippen molar-refractivity contribution in [2.45, 2.75) is 52.5 Å². The van der Waals surface area contributed by atoms with Crippen LogP contribution in [0, 0.1) is 12.3 Å². The standard InChI is InChI=1S/C19H28N2O3/c1-12-16-14(22)10-19(2,3)11-15(16)24-17(12)18(23)21(5)13-6-8-20(4)9-7-13/h13H,6-11H2,1-5H3. The van der Waals surface area contributed by atoms with E-state index in [1.807, 2.05) is 14.0 Å². The molecule has 5 nitrogen and oxygen atoms in total. The van der Waals surface area contributed by atoms with Gasteiger partial charge in [0.2, 0.25) is 0 Å². The normalized spacial score (nSPS) is 21.6. The van der Waals surface area contributed by atoms with Gasteiger partial charge in [0.05, 0.1) is 5.56 Å². The Morgan fingerprint density at radius 3 is 2.50 bits per heavy atom. The Morgan fingerprint density at radius 1 is 1.25 bits per heavy atom. The lowest BCUT2D eigenvalue weighted by Crippen LogP contribution is -2.44. The van der Waals surface area contributed by atoms with Crippen molar-refractivity contribution < 1.29 is 14.0 Å². The maximum absolute atomic E-state index is 12.9. The number of carbonyl (C=O) groups is 2. The first-order valence-electron chi connectivity index (χ1n) is 8.81. The zero-order valence-corrected chi connectivity index (χ0v) is 15.4. The fraction of sp³-hybridized carbons (Fsp3) is 0.684. The maximum atomic E-state index is 12.9. The van der Waals surface area contributed by atoms with E-state index in [1.165, 1.54) is 0 Å². The highest BCUT2D eigenvalue weighted by Crippen LogP contribution is 2.38. The van der Waals surface area contributed by atoms with Crippen LogP contribution >= 0.6 is 0 Å². The number of hydrogen-bond donors (Lipinski definition) is 0. The number of likely N-dealkylation sites (tertiary alicyclic amines) is 1. The molecule has 5 heteroatoms. The predicted molar refractivity (Wildman–Crippen MR) is 92.5 cm³/mol. The molecule has 1 aliphatic heterocycles. The van der Waals surface area contributed by atoms with E-state index in [4.69, 9.17) is 4.42 Å². The van der Waals surface area contributed by atoms with Crippen LogP contribution in [0.4, 0.5) is 0 Å². The third-order valence-corrected chi connectivity index (χ3v) is 5.53. The van der Waals surface area contributed by atoms with Gasteiger partial charge in [0, 0.05) is 31.5 Å². The van der Waals surface area contributed by atoms with Crippen molar-refractivity contribution in [2.75, 3.05) is 27.2 Å². The minimum atomic E-state index is -0.103. The van der Waals surface area contributed by atoms with Crippen LogP contribution < -0.4 is 0 Å². The average Bonchev–Trinajstić information content (AvgIpc) is 2.82. The van der Waals surface area contributed by atoms with E-state index in [9.17, 15) is 9.59 Å². The number of furan rings is 1. The lowest BCUT2D eigenvalue weighted by atomic mass is 9.76. The van der Waals surface area contributed by atoms with E-state index in [1.54, 1.807) is 4.90 Å². The molecule has 3 rings (SSSR count). The summed E-state index contributed by atoms with van der Waals surface area (Å²) in [5, 5.41) is 0. The summed E-state index contributed by atoms with van der Waals surface area (Å²) < 4.78 is 5.92. The molecule has 0 aromatic carbocycles. The fourth-order valence-corrected chi connectivity index (χ4v) is 4.00. The molecule has 1 aromatic heterocycles. The Labute approximate surface area is 144 Å². The Balaban J connectivity index is 1.85. The van der Waals surface area contributed by atoms with Crippen molar-refractivity contribution >= 4 is 11.7 Å². The van der Waals surface area contributed by atoms with Crippen LogP contribution in [0.15, 0.2) is 4.42 Å². The molecule has 0 spiro atoms. The Morgan fingerprint density at radius 2 is 1.88 bits per heavy atom. The SMILES string of the molecule is Cc1c(C(=O)N(C)C2CCN(C)CC2)oc2c1C(=O)CC(C)(C)C2. The number of Topliss-reactive ketones (excluding diaryl/α,β-unsaturated/α-hetero) is 1. The summed E-state index contributed by atoms with van der Waals surface area (Å²) in [5.41, 5.74) is 1.26. The van der Waals surface area contributed by atoms with E-state index in [2.05, 4.69) is 25.8 Å². The molecule has 1 fully saturated rings. The van der Waals surface area contributed by atoms with Crippen LogP contribution in [0.3, 0.4) is 0 Å². The van der Waals surface area contributed by atoms with Gasteiger partial charge in [0.15, 0.2) is 11.5 Å². The van der Waals surface area contributed by atoms with E-state index < -0.39 is 0 Å². The number of rotatable bonds is 2. The number of ketones is 1. The summed E-state index contributed by atoms with van der Waals surface area (Å²) in [6.07, 6.45) is 3.17. The van der Waals surface area contributed by atoms with Crippen molar-refractivity contribution in [1.29, 1.82) is 0 Å². The van der Waals surface area contributed by atoms with Gasteiger partial charge in [0.1, 0.15) is 5.76 Å². The van der Waals surface area contributed by atoms with Crippen LogP contribution in [-0.2, 0) is 6.42 Å². The van der Waals surface area contributed by atoms with E-state index >= 15 is 0 Å². The van der Waals surface area contributed by atoms with Gasteiger partial charge in [-0.05, 0) is 45.3 Å². The second-order valence-electron chi connectivity index (χ2n) is 8.25. The molecule has 0 unspecified atom stereocenters. The van der Waals surface area contributed by atoms with Gasteiger partial charge in [-0.15, -0.1) is 0 Å². The highest BCUT2D eigenvalue weighted by atomic mass is 16.4. The molecule has 0 N–H and O–H groups in total. The van der Waals surface area contributed by atoms with Crippen LogP contribution in [-0.4, -0.2) is 54.7 Å². The van der Waals surface area contributed by atoms with Crippen molar-refractivity contribution in [3.8, 4) is 0 Å². The maximum Gasteiger partial charge on any atom is 0.289 e. The zero-order chi connectivity index (χ0) is 17.6. The van der Waals surface area contributed by atoms with Crippen LogP contribution in [0.1, 0.15) is 65.3 Å². The number of piperidine rings is 1. The quantitative estimate of drug-likeness (QED) is 0.835. The summed E-state index contributed by atoms with van der Waals surface area (Å²) in [6, 6.07) is 0.238. The Bertz CT molecular complexity index is 666. The van der Waals surface area contributed by atoms with Crippen molar-refractivity contribution in [3.05, 3.63) is 22.6 Å². The largest absolute Gasteiger partial charge is 0.455 e. The van der Waals surface area contributed by atoms with Crippen LogP contribution in [0.2, 0.25) is 0 Å². The van der Waals surface area contributed by atoms with Gasteiger partial charge >= 0.3 is 0 Å². The number of fused-ring (bicyclic) bond motifs is 1. The molecule has 1 saturated heterocycles. The molecule has 24 heavy (non-hydrogen) atoms. The third kappa shape index (κ3) is 3.02. The van der Waals surface area contributed by atoms with Gasteiger partial charge in [0.25, 0.3) is 5.91 Å². The highest BCUT2D eigenvalue weighted by molar-refractivity contribution is 6.03. The monoisotopic (exact) mass is 332 g/mol. The fourth-order valence-electron chi connectivity index (χ4n) is 4.00. The first-order valence-corrected chi connectivity index (χ1v) is 8.81. The van der Waals surface area contributed by atoms with Gasteiger partial charge in [-0.3, -0.25) is 9.59 Å². The number of hydrogen-bond acceptors (Lipinski definition) is 4. The summed E-state index contributed by atoms with van der Waals surface area (Å²) in [5.74, 6) is 1.05. The Hall–Kier alpha value is -1.62. The van der Waals surface area contributed by atoms with Crippen molar-refractivity contribution in [1.82, 2.24) is 9.80 Å². The summed E-state index contributed by atoms with van der Waals surface area (Å²) >= 11 is 0. The molecular formula is C19H28N2O3. The summed E-state index contributed by atoms with van der Waals surface area (Å²) in [6.45, 7) is 7.98. The van der Waals surface area contributed by atoms with E-state index in [0.717, 1.165) is 31.5 Å². The first kappa shape index (κ1) is 17.2. The number of amides is 1. The van der Waals surface area contributed by atoms with Crippen LogP contribution in [0.5, 0.6) is 0 Å². The number of nitrogens with zero attached hydrogens (tertiary/aromatic N) is 2. The molecule has 1 aromatic rings. The molecule has 0 bridgehead atoms. The molecule has 2 aliphatic rings. The molecule has 1 aliphatic carbocycles. The van der Waals surface area contributed by atoms with Gasteiger partial charge in [-0.2, -0.15) is 0 Å². The van der Waals surface area contributed by atoms with Gasteiger partial charge in [-0.1, -0.05) is 13.8 Å². The summed E-state index contributed by atoms with van der Waals surface area (Å²) in [4.78, 5) is 29.5. The highest BCUT2D eigenvalue weighted by Gasteiger charge is 2.38. The predicted octanol–water partition coefficient (Wildman–Crippen LogP) is 2.91. The average molecular weight is 332 g/mol. The van der Waals surface area contributed by atoms with Gasteiger partial charge < -0.3 is 14.2 Å². The van der Waals surface area contributed by atoms with Crippen molar-refractivity contribution in [3.63, 3.8) is 0 Å². The third-order valence-electron chi connectivity index (χ3n) is 5.53. The topological polar surface area (TPSA) is 53.8 Å². The second kappa shape index (κ2) is 6.03. The number of carbonyl (C=O) groups excluding carboxylic acids is 2. The molecular weight excluding hydrogens is 304 g/mol. The molecule has 2 heterocycles. The molecule has 1 amide bonds. The van der Waals surface area contributed by atoms with E-state index in [0.29, 0.717) is 29.9 Å². The summed E-state index contributed by atoms with van der Waals surface area (Å²) in [7, 11) is 3.96. The Kier molecular flexibility index (Phi) is 4.32. The molecule has 132 valence electrons. The van der Waals surface area contributed by atoms with Crippen molar-refractivity contribution in [2.24, 2.45) is 5.41 Å².